The van der Waals surface area contributed by atoms with E-state index in [9.17, 15) is 9.59 Å². The lowest BCUT2D eigenvalue weighted by atomic mass is 10.1. The SMILES string of the molecule is CCc1ccc(NC(=O)N2CCN3C(=O)CCC3C2)cc1C. The average Bonchev–Trinajstić information content (AvgIpc) is 2.88. The Kier molecular flexibility index (Phi) is 4.05. The molecule has 22 heavy (non-hydrogen) atoms. The molecule has 0 spiro atoms. The summed E-state index contributed by atoms with van der Waals surface area (Å²) in [4.78, 5) is 27.8. The lowest BCUT2D eigenvalue weighted by molar-refractivity contribution is -0.130. The zero-order valence-electron chi connectivity index (χ0n) is 13.3. The Morgan fingerprint density at radius 3 is 2.91 bits per heavy atom. The van der Waals surface area contributed by atoms with Crippen LogP contribution in [0.5, 0.6) is 0 Å². The second kappa shape index (κ2) is 5.99. The van der Waals surface area contributed by atoms with Gasteiger partial charge in [0.25, 0.3) is 0 Å². The fourth-order valence-electron chi connectivity index (χ4n) is 3.42. The van der Waals surface area contributed by atoms with Gasteiger partial charge in [0.15, 0.2) is 0 Å². The number of benzene rings is 1. The maximum atomic E-state index is 12.4. The molecule has 0 aromatic heterocycles. The first-order valence-electron chi connectivity index (χ1n) is 8.03. The summed E-state index contributed by atoms with van der Waals surface area (Å²) in [6, 6.07) is 6.18. The Balaban J connectivity index is 1.63. The number of fused-ring (bicyclic) bond motifs is 1. The summed E-state index contributed by atoms with van der Waals surface area (Å²) in [5.41, 5.74) is 3.34. The van der Waals surface area contributed by atoms with Crippen molar-refractivity contribution in [2.45, 2.75) is 39.2 Å². The summed E-state index contributed by atoms with van der Waals surface area (Å²) in [5.74, 6) is 0.232. The minimum atomic E-state index is -0.0670. The summed E-state index contributed by atoms with van der Waals surface area (Å²) >= 11 is 0. The molecule has 3 rings (SSSR count). The monoisotopic (exact) mass is 301 g/mol. The summed E-state index contributed by atoms with van der Waals surface area (Å²) in [6.07, 6.45) is 2.49. The van der Waals surface area contributed by atoms with Crippen LogP contribution in [0.3, 0.4) is 0 Å². The average molecular weight is 301 g/mol. The van der Waals surface area contributed by atoms with Crippen molar-refractivity contribution in [3.05, 3.63) is 29.3 Å². The molecule has 5 nitrogen and oxygen atoms in total. The van der Waals surface area contributed by atoms with Crippen LogP contribution in [0.25, 0.3) is 0 Å². The lowest BCUT2D eigenvalue weighted by Crippen LogP contribution is -2.54. The minimum absolute atomic E-state index is 0.0670. The zero-order chi connectivity index (χ0) is 15.7. The maximum Gasteiger partial charge on any atom is 0.321 e. The number of urea groups is 1. The smallest absolute Gasteiger partial charge is 0.321 e. The van der Waals surface area contributed by atoms with Crippen molar-refractivity contribution in [3.8, 4) is 0 Å². The number of rotatable bonds is 2. The molecule has 118 valence electrons. The van der Waals surface area contributed by atoms with Gasteiger partial charge >= 0.3 is 6.03 Å². The van der Waals surface area contributed by atoms with Gasteiger partial charge < -0.3 is 15.1 Å². The molecule has 1 aromatic carbocycles. The quantitative estimate of drug-likeness (QED) is 0.912. The van der Waals surface area contributed by atoms with Crippen LogP contribution in [0.4, 0.5) is 10.5 Å². The van der Waals surface area contributed by atoms with Crippen LogP contribution >= 0.6 is 0 Å². The molecule has 0 bridgehead atoms. The van der Waals surface area contributed by atoms with Gasteiger partial charge in [0.05, 0.1) is 0 Å². The number of nitrogens with one attached hydrogen (secondary N) is 1. The van der Waals surface area contributed by atoms with Gasteiger partial charge in [0.1, 0.15) is 0 Å². The Labute approximate surface area is 131 Å². The van der Waals surface area contributed by atoms with Gasteiger partial charge in [0.2, 0.25) is 5.91 Å². The van der Waals surface area contributed by atoms with E-state index in [1.807, 2.05) is 21.9 Å². The van der Waals surface area contributed by atoms with E-state index in [1.54, 1.807) is 0 Å². The molecule has 3 amide bonds. The van der Waals surface area contributed by atoms with Crippen LogP contribution < -0.4 is 5.32 Å². The molecular weight excluding hydrogens is 278 g/mol. The van der Waals surface area contributed by atoms with E-state index in [0.29, 0.717) is 26.1 Å². The molecule has 1 aromatic rings. The summed E-state index contributed by atoms with van der Waals surface area (Å²) in [6.45, 7) is 6.11. The van der Waals surface area contributed by atoms with E-state index >= 15 is 0 Å². The first kappa shape index (κ1) is 14.9. The highest BCUT2D eigenvalue weighted by molar-refractivity contribution is 5.90. The molecule has 2 aliphatic rings. The molecule has 2 fully saturated rings. The van der Waals surface area contributed by atoms with E-state index in [4.69, 9.17) is 0 Å². The van der Waals surface area contributed by atoms with Crippen LogP contribution in [0.1, 0.15) is 30.9 Å². The summed E-state index contributed by atoms with van der Waals surface area (Å²) < 4.78 is 0. The summed E-state index contributed by atoms with van der Waals surface area (Å²) in [7, 11) is 0. The molecule has 2 saturated heterocycles. The highest BCUT2D eigenvalue weighted by atomic mass is 16.2. The number of nitrogens with zero attached hydrogens (tertiary/aromatic N) is 2. The fourth-order valence-corrected chi connectivity index (χ4v) is 3.42. The number of amides is 3. The number of hydrogen-bond acceptors (Lipinski definition) is 2. The molecule has 0 aliphatic carbocycles. The Morgan fingerprint density at radius 2 is 2.18 bits per heavy atom. The third-order valence-electron chi connectivity index (χ3n) is 4.76. The van der Waals surface area contributed by atoms with Crippen molar-refractivity contribution in [1.29, 1.82) is 0 Å². The maximum absolute atomic E-state index is 12.4. The Morgan fingerprint density at radius 1 is 1.36 bits per heavy atom. The highest BCUT2D eigenvalue weighted by Crippen LogP contribution is 2.23. The van der Waals surface area contributed by atoms with Gasteiger partial charge in [-0.25, -0.2) is 4.79 Å². The molecule has 2 heterocycles. The van der Waals surface area contributed by atoms with Gasteiger partial charge in [0, 0.05) is 37.8 Å². The zero-order valence-corrected chi connectivity index (χ0v) is 13.3. The fraction of sp³-hybridized carbons (Fsp3) is 0.529. The third-order valence-corrected chi connectivity index (χ3v) is 4.76. The van der Waals surface area contributed by atoms with Crippen LogP contribution in [-0.4, -0.2) is 47.4 Å². The lowest BCUT2D eigenvalue weighted by Gasteiger charge is -2.37. The van der Waals surface area contributed by atoms with Crippen LogP contribution in [0.2, 0.25) is 0 Å². The number of aryl methyl sites for hydroxylation is 2. The Hall–Kier alpha value is -2.04. The molecule has 2 aliphatic heterocycles. The van der Waals surface area contributed by atoms with E-state index in [-0.39, 0.29) is 18.0 Å². The number of piperazine rings is 1. The predicted octanol–water partition coefficient (Wildman–Crippen LogP) is 2.40. The Bertz CT molecular complexity index is 600. The molecule has 0 radical (unpaired) electrons. The van der Waals surface area contributed by atoms with Crippen molar-refractivity contribution in [2.75, 3.05) is 25.0 Å². The van der Waals surface area contributed by atoms with Crippen molar-refractivity contribution >= 4 is 17.6 Å². The first-order valence-corrected chi connectivity index (χ1v) is 8.03. The van der Waals surface area contributed by atoms with Crippen LogP contribution in [-0.2, 0) is 11.2 Å². The van der Waals surface area contributed by atoms with Crippen LogP contribution in [0.15, 0.2) is 18.2 Å². The number of carbonyl (C=O) groups is 2. The van der Waals surface area contributed by atoms with Gasteiger partial charge in [-0.3, -0.25) is 4.79 Å². The van der Waals surface area contributed by atoms with E-state index in [1.165, 1.54) is 11.1 Å². The van der Waals surface area contributed by atoms with Crippen molar-refractivity contribution in [2.24, 2.45) is 0 Å². The number of hydrogen-bond donors (Lipinski definition) is 1. The minimum Gasteiger partial charge on any atom is -0.336 e. The molecule has 5 heteroatoms. The van der Waals surface area contributed by atoms with E-state index < -0.39 is 0 Å². The van der Waals surface area contributed by atoms with Gasteiger partial charge in [-0.2, -0.15) is 0 Å². The second-order valence-electron chi connectivity index (χ2n) is 6.15. The molecule has 0 saturated carbocycles. The third kappa shape index (κ3) is 2.80. The van der Waals surface area contributed by atoms with E-state index in [2.05, 4.69) is 25.2 Å². The van der Waals surface area contributed by atoms with Crippen molar-refractivity contribution in [1.82, 2.24) is 9.80 Å². The first-order chi connectivity index (χ1) is 10.6. The number of carbonyl (C=O) groups excluding carboxylic acids is 2. The topological polar surface area (TPSA) is 52.7 Å². The summed E-state index contributed by atoms with van der Waals surface area (Å²) in [5, 5.41) is 2.98. The molecular formula is C17H23N3O2. The highest BCUT2D eigenvalue weighted by Gasteiger charge is 2.36. The number of anilines is 1. The molecule has 1 atom stereocenters. The van der Waals surface area contributed by atoms with Gasteiger partial charge in [-0.05, 0) is 43.0 Å². The van der Waals surface area contributed by atoms with Crippen molar-refractivity contribution < 1.29 is 9.59 Å². The largest absolute Gasteiger partial charge is 0.336 e. The van der Waals surface area contributed by atoms with E-state index in [0.717, 1.165) is 18.5 Å². The standard InChI is InChI=1S/C17H23N3O2/c1-3-13-4-5-14(10-12(13)2)18-17(22)19-8-9-20-15(11-19)6-7-16(20)21/h4-5,10,15H,3,6-9,11H2,1-2H3,(H,18,22). The van der Waals surface area contributed by atoms with Gasteiger partial charge in [-0.15, -0.1) is 0 Å². The predicted molar refractivity (Wildman–Crippen MR) is 85.9 cm³/mol. The second-order valence-corrected chi connectivity index (χ2v) is 6.15. The van der Waals surface area contributed by atoms with Gasteiger partial charge in [-0.1, -0.05) is 13.0 Å². The van der Waals surface area contributed by atoms with Crippen molar-refractivity contribution in [3.63, 3.8) is 0 Å². The normalized spacial score (nSPS) is 21.0. The molecule has 1 unspecified atom stereocenters. The van der Waals surface area contributed by atoms with Crippen LogP contribution in [0, 0.1) is 6.92 Å². The molecule has 1 N–H and O–H groups in total.